The van der Waals surface area contributed by atoms with Crippen LogP contribution in [0, 0.1) is 18.8 Å². The minimum atomic E-state index is -2.69. The van der Waals surface area contributed by atoms with Gasteiger partial charge in [-0.15, -0.1) is 48.1 Å². The van der Waals surface area contributed by atoms with Crippen LogP contribution in [0.5, 0.6) is 11.5 Å². The van der Waals surface area contributed by atoms with Crippen LogP contribution >= 0.6 is 0 Å². The Morgan fingerprint density at radius 2 is 1.18 bits per heavy atom. The van der Waals surface area contributed by atoms with Crippen LogP contribution < -0.4 is 14.5 Å². The Balaban J connectivity index is 0.00000556. The molecule has 13 rings (SSSR count). The summed E-state index contributed by atoms with van der Waals surface area (Å²) < 4.78 is 66.8. The molecule has 0 fully saturated rings. The molecule has 0 bridgehead atoms. The predicted octanol–water partition coefficient (Wildman–Crippen LogP) is 15.2. The first-order chi connectivity index (χ1) is 35.1. The minimum Gasteiger partial charge on any atom is -0.509 e. The number of nitrogens with zero attached hydrogens (tertiary/aromatic N) is 6. The third kappa shape index (κ3) is 6.25. The average Bonchev–Trinajstić information content (AvgIpc) is 4.13. The van der Waals surface area contributed by atoms with E-state index in [0.29, 0.717) is 61.4 Å². The van der Waals surface area contributed by atoms with Crippen LogP contribution in [0.3, 0.4) is 0 Å². The Kier molecular flexibility index (Phi) is 8.24. The van der Waals surface area contributed by atoms with E-state index >= 15 is 0 Å². The number of para-hydroxylation sites is 5. The summed E-state index contributed by atoms with van der Waals surface area (Å²) in [6.45, 7) is 3.10. The third-order valence-corrected chi connectivity index (χ3v) is 13.3. The van der Waals surface area contributed by atoms with E-state index in [2.05, 4.69) is 67.8 Å². The molecule has 0 amide bonds. The maximum Gasteiger partial charge on any atom is 0.135 e. The molecule has 0 saturated carbocycles. The van der Waals surface area contributed by atoms with E-state index in [1.807, 2.05) is 162 Å². The molecular formula is C60H45N6OPt-3. The molecule has 1 aliphatic heterocycles. The van der Waals surface area contributed by atoms with Gasteiger partial charge in [0.15, 0.2) is 0 Å². The fraction of sp³-hybridized carbons (Fsp3) is 0.100. The molecule has 4 aromatic heterocycles. The number of hydrogen-bond donors (Lipinski definition) is 0. The largest absolute Gasteiger partial charge is 0.509 e. The summed E-state index contributed by atoms with van der Waals surface area (Å²) in [6.07, 6.45) is 1.86. The molecule has 334 valence electrons. The van der Waals surface area contributed by atoms with Gasteiger partial charge in [0.25, 0.3) is 0 Å². The van der Waals surface area contributed by atoms with Gasteiger partial charge in [-0.05, 0) is 64.4 Å². The quantitative estimate of drug-likeness (QED) is 0.156. The predicted molar refractivity (Wildman–Crippen MR) is 276 cm³/mol. The number of benzene rings is 8. The van der Waals surface area contributed by atoms with E-state index in [4.69, 9.17) is 9.72 Å². The zero-order valence-corrected chi connectivity index (χ0v) is 39.5. The summed E-state index contributed by atoms with van der Waals surface area (Å²) in [5, 5.41) is 4.95. The molecule has 5 heterocycles. The molecule has 8 heteroatoms. The number of rotatable bonds is 6. The van der Waals surface area contributed by atoms with Gasteiger partial charge in [-0.3, -0.25) is 0 Å². The summed E-state index contributed by atoms with van der Waals surface area (Å²) in [6, 6.07) is 62.0. The topological polar surface area (TPSA) is 43.4 Å². The van der Waals surface area contributed by atoms with Gasteiger partial charge in [0.1, 0.15) is 5.82 Å². The molecule has 1 aliphatic rings. The molecular weight excluding hydrogens is 1020 g/mol. The van der Waals surface area contributed by atoms with Crippen molar-refractivity contribution in [3.8, 4) is 28.4 Å². The molecule has 8 aromatic carbocycles. The van der Waals surface area contributed by atoms with Gasteiger partial charge in [-0.25, -0.2) is 4.98 Å². The number of ether oxygens (including phenoxy) is 1. The molecule has 12 aromatic rings. The Bertz CT molecular complexity index is 4100. The van der Waals surface area contributed by atoms with Crippen molar-refractivity contribution in [2.24, 2.45) is 14.0 Å². The molecule has 0 spiro atoms. The second kappa shape index (κ2) is 15.8. The SMILES string of the molecule is [2H]C([2H])([2H])n1c2ccccc2c2c(-c3ccccc3)c3c4ccccc4n(C([2H])([2H])[2H])c3c(N3[CH-]N(c4[c-]c(Oc5[c-]c6c(cc5)c5ccccc5n6-c5cc(C(C)(C)C)ccn5)ccc4)c4ccccc43)c21.[Pt]. The van der Waals surface area contributed by atoms with Crippen molar-refractivity contribution in [2.45, 2.75) is 26.2 Å². The van der Waals surface area contributed by atoms with Gasteiger partial charge in [-0.2, -0.15) is 12.1 Å². The first-order valence-corrected chi connectivity index (χ1v) is 22.4. The van der Waals surface area contributed by atoms with Gasteiger partial charge in [-0.1, -0.05) is 123 Å². The van der Waals surface area contributed by atoms with Crippen LogP contribution in [0.2, 0.25) is 0 Å². The first-order valence-electron chi connectivity index (χ1n) is 25.4. The Morgan fingerprint density at radius 3 is 1.85 bits per heavy atom. The van der Waals surface area contributed by atoms with Gasteiger partial charge >= 0.3 is 0 Å². The number of hydrogen-bond acceptors (Lipinski definition) is 4. The molecule has 0 aliphatic carbocycles. The molecule has 7 nitrogen and oxygen atoms in total. The molecule has 68 heavy (non-hydrogen) atoms. The maximum atomic E-state index is 9.20. The van der Waals surface area contributed by atoms with E-state index in [1.54, 1.807) is 0 Å². The second-order valence-electron chi connectivity index (χ2n) is 18.2. The molecule has 0 N–H and O–H groups in total. The van der Waals surface area contributed by atoms with Crippen LogP contribution in [0.4, 0.5) is 22.7 Å². The summed E-state index contributed by atoms with van der Waals surface area (Å²) in [5.74, 6) is 1.72. The van der Waals surface area contributed by atoms with Gasteiger partial charge in [0.05, 0.1) is 16.7 Å². The van der Waals surface area contributed by atoms with E-state index in [-0.39, 0.29) is 26.5 Å². The number of fused-ring (bicyclic) bond motifs is 10. The van der Waals surface area contributed by atoms with Gasteiger partial charge < -0.3 is 28.2 Å². The zero-order valence-electron chi connectivity index (χ0n) is 43.2. The maximum absolute atomic E-state index is 9.20. The zero-order chi connectivity index (χ0) is 50.1. The normalized spacial score (nSPS) is 14.5. The Hall–Kier alpha value is -7.60. The van der Waals surface area contributed by atoms with E-state index in [9.17, 15) is 8.22 Å². The fourth-order valence-electron chi connectivity index (χ4n) is 10.2. The van der Waals surface area contributed by atoms with Crippen LogP contribution in [-0.2, 0) is 40.4 Å². The molecule has 0 unspecified atom stereocenters. The van der Waals surface area contributed by atoms with Gasteiger partial charge in [0.2, 0.25) is 0 Å². The molecule has 0 radical (unpaired) electrons. The van der Waals surface area contributed by atoms with Gasteiger partial charge in [0, 0.05) is 116 Å². The average molecular weight is 1070 g/mol. The number of aryl methyl sites for hydroxylation is 2. The molecule has 0 saturated heterocycles. The summed E-state index contributed by atoms with van der Waals surface area (Å²) >= 11 is 0. The smallest absolute Gasteiger partial charge is 0.135 e. The van der Waals surface area contributed by atoms with Crippen molar-refractivity contribution >= 4 is 88.2 Å². The Labute approximate surface area is 417 Å². The first kappa shape index (κ1) is 35.6. The van der Waals surface area contributed by atoms with Crippen molar-refractivity contribution in [3.63, 3.8) is 0 Å². The summed E-state index contributed by atoms with van der Waals surface area (Å²) in [7, 11) is 0. The minimum absolute atomic E-state index is 0. The van der Waals surface area contributed by atoms with Crippen LogP contribution in [0.15, 0.2) is 176 Å². The number of pyridine rings is 1. The van der Waals surface area contributed by atoms with Crippen molar-refractivity contribution in [3.05, 3.63) is 200 Å². The van der Waals surface area contributed by atoms with Crippen LogP contribution in [0.1, 0.15) is 34.6 Å². The number of aromatic nitrogens is 4. The summed E-state index contributed by atoms with van der Waals surface area (Å²) in [5.41, 5.74) is 8.75. The van der Waals surface area contributed by atoms with Crippen molar-refractivity contribution in [1.82, 2.24) is 18.7 Å². The fourth-order valence-corrected chi connectivity index (χ4v) is 10.2. The molecule has 0 atom stereocenters. The van der Waals surface area contributed by atoms with E-state index in [0.717, 1.165) is 55.2 Å². The van der Waals surface area contributed by atoms with Crippen molar-refractivity contribution in [2.75, 3.05) is 9.80 Å². The summed E-state index contributed by atoms with van der Waals surface area (Å²) in [4.78, 5) is 8.77. The standard InChI is InChI=1S/C60H45N6O.Pt/c1-60(2,3)39-32-33-61-53(34-39)66-49-27-14-9-22-43(49)44-31-30-42(36-52(44)66)67-41-21-17-20-40(35-41)64-37-65(51-29-16-15-28-50(51)64)59-57-55(45-23-10-12-25-47(45)62(57)4)54(38-18-7-6-8-19-38)56-46-24-11-13-26-48(46)63(5)58(56)59;/h6-34,37H,1-5H3;/q-3;/i4D3,5D3;. The van der Waals surface area contributed by atoms with E-state index < -0.39 is 14.0 Å². The number of anilines is 4. The van der Waals surface area contributed by atoms with Crippen LogP contribution in [-0.4, -0.2) is 18.7 Å². The second-order valence-corrected chi connectivity index (χ2v) is 18.2. The Morgan fingerprint density at radius 1 is 0.574 bits per heavy atom. The van der Waals surface area contributed by atoms with Crippen LogP contribution in [0.25, 0.3) is 82.4 Å². The van der Waals surface area contributed by atoms with E-state index in [1.165, 1.54) is 14.7 Å². The third-order valence-electron chi connectivity index (χ3n) is 13.3. The monoisotopic (exact) mass is 1070 g/mol. The van der Waals surface area contributed by atoms with Crippen molar-refractivity contribution in [1.29, 1.82) is 0 Å². The van der Waals surface area contributed by atoms with Crippen molar-refractivity contribution < 1.29 is 34.0 Å².